The van der Waals surface area contributed by atoms with Crippen LogP contribution < -0.4 is 0 Å². The summed E-state index contributed by atoms with van der Waals surface area (Å²) in [5, 5.41) is 0. The zero-order chi connectivity index (χ0) is 20.8. The van der Waals surface area contributed by atoms with Crippen LogP contribution in [0, 0.1) is 23.7 Å². The van der Waals surface area contributed by atoms with E-state index in [1.807, 2.05) is 0 Å². The summed E-state index contributed by atoms with van der Waals surface area (Å²) < 4.78 is 0. The van der Waals surface area contributed by atoms with E-state index in [2.05, 4.69) is 49.6 Å². The van der Waals surface area contributed by atoms with Gasteiger partial charge in [0.25, 0.3) is 0 Å². The highest BCUT2D eigenvalue weighted by atomic mass is 14.4. The molecule has 1 aromatic carbocycles. The van der Waals surface area contributed by atoms with Gasteiger partial charge in [0.1, 0.15) is 0 Å². The molecule has 0 saturated heterocycles. The van der Waals surface area contributed by atoms with E-state index in [0.29, 0.717) is 0 Å². The largest absolute Gasteiger partial charge is 0.103 e. The van der Waals surface area contributed by atoms with Crippen LogP contribution in [0.1, 0.15) is 113 Å². The Kier molecular flexibility index (Phi) is 7.91. The average Bonchev–Trinajstić information content (AvgIpc) is 2.81. The van der Waals surface area contributed by atoms with Gasteiger partial charge >= 0.3 is 0 Å². The predicted molar refractivity (Wildman–Crippen MR) is 131 cm³/mol. The molecular formula is C30H44. The van der Waals surface area contributed by atoms with E-state index >= 15 is 0 Å². The SMILES string of the molecule is C=CCC1CCC(c2ccc(C3CCC(C4CCC(CC=C)CC4)CC3)cc2)CC1. The predicted octanol–water partition coefficient (Wildman–Crippen LogP) is 9.19. The second-order valence-corrected chi connectivity index (χ2v) is 10.8. The lowest BCUT2D eigenvalue weighted by atomic mass is 9.68. The highest BCUT2D eigenvalue weighted by molar-refractivity contribution is 5.28. The fourth-order valence-electron chi connectivity index (χ4n) is 7.06. The molecule has 0 heterocycles. The molecule has 3 aliphatic carbocycles. The van der Waals surface area contributed by atoms with E-state index in [1.54, 1.807) is 11.1 Å². The van der Waals surface area contributed by atoms with Crippen LogP contribution in [-0.2, 0) is 0 Å². The molecule has 3 saturated carbocycles. The topological polar surface area (TPSA) is 0 Å². The first-order valence-electron chi connectivity index (χ1n) is 13.1. The average molecular weight is 405 g/mol. The summed E-state index contributed by atoms with van der Waals surface area (Å²) in [4.78, 5) is 0. The molecule has 0 radical (unpaired) electrons. The number of rotatable bonds is 7. The molecule has 0 bridgehead atoms. The highest BCUT2D eigenvalue weighted by Gasteiger charge is 2.31. The van der Waals surface area contributed by atoms with Gasteiger partial charge in [-0.2, -0.15) is 0 Å². The lowest BCUT2D eigenvalue weighted by molar-refractivity contribution is 0.160. The Balaban J connectivity index is 1.23. The molecule has 3 fully saturated rings. The molecule has 0 aliphatic heterocycles. The van der Waals surface area contributed by atoms with Crippen LogP contribution in [0.5, 0.6) is 0 Å². The number of benzene rings is 1. The summed E-state index contributed by atoms with van der Waals surface area (Å²) in [6.07, 6.45) is 23.9. The van der Waals surface area contributed by atoms with Crippen LogP contribution in [0.3, 0.4) is 0 Å². The molecule has 30 heavy (non-hydrogen) atoms. The van der Waals surface area contributed by atoms with Gasteiger partial charge < -0.3 is 0 Å². The molecule has 0 nitrogen and oxygen atoms in total. The monoisotopic (exact) mass is 404 g/mol. The summed E-state index contributed by atoms with van der Waals surface area (Å²) in [6, 6.07) is 9.91. The van der Waals surface area contributed by atoms with Gasteiger partial charge in [0.2, 0.25) is 0 Å². The van der Waals surface area contributed by atoms with Crippen LogP contribution in [0.2, 0.25) is 0 Å². The van der Waals surface area contributed by atoms with Crippen molar-refractivity contribution in [1.82, 2.24) is 0 Å². The van der Waals surface area contributed by atoms with Crippen molar-refractivity contribution < 1.29 is 0 Å². The minimum atomic E-state index is 0.798. The molecule has 0 amide bonds. The normalized spacial score (nSPS) is 34.9. The Labute approximate surface area is 186 Å². The number of hydrogen-bond donors (Lipinski definition) is 0. The van der Waals surface area contributed by atoms with Gasteiger partial charge in [-0.1, -0.05) is 36.4 Å². The fourth-order valence-corrected chi connectivity index (χ4v) is 7.06. The second-order valence-electron chi connectivity index (χ2n) is 10.8. The minimum Gasteiger partial charge on any atom is -0.103 e. The number of allylic oxidation sites excluding steroid dienone is 2. The Bertz CT molecular complexity index is 644. The minimum absolute atomic E-state index is 0.798. The standard InChI is InChI=1S/C30H44/c1-3-5-23-7-11-25(12-8-23)27-15-19-29(20-16-27)30-21-17-28(18-22-30)26-13-9-24(6-4-2)10-14-26/h3-4,15-16,19-20,23-26,28,30H,1-2,5-14,17-18,21-22H2. The molecule has 0 unspecified atom stereocenters. The van der Waals surface area contributed by atoms with Crippen LogP contribution in [-0.4, -0.2) is 0 Å². The van der Waals surface area contributed by atoms with E-state index in [-0.39, 0.29) is 0 Å². The summed E-state index contributed by atoms with van der Waals surface area (Å²) in [7, 11) is 0. The summed E-state index contributed by atoms with van der Waals surface area (Å²) in [5.74, 6) is 5.47. The smallest absolute Gasteiger partial charge is 0.0162 e. The Hall–Kier alpha value is -1.30. The molecule has 0 N–H and O–H groups in total. The van der Waals surface area contributed by atoms with E-state index in [1.165, 1.54) is 89.9 Å². The number of hydrogen-bond acceptors (Lipinski definition) is 0. The van der Waals surface area contributed by atoms with Gasteiger partial charge in [-0.3, -0.25) is 0 Å². The van der Waals surface area contributed by atoms with Crippen LogP contribution in [0.4, 0.5) is 0 Å². The van der Waals surface area contributed by atoms with Crippen LogP contribution in [0.15, 0.2) is 49.6 Å². The van der Waals surface area contributed by atoms with Crippen molar-refractivity contribution in [2.75, 3.05) is 0 Å². The van der Waals surface area contributed by atoms with Crippen molar-refractivity contribution in [3.8, 4) is 0 Å². The van der Waals surface area contributed by atoms with Crippen LogP contribution in [0.25, 0.3) is 0 Å². The third-order valence-electron chi connectivity index (χ3n) is 9.06. The molecule has 164 valence electrons. The second kappa shape index (κ2) is 10.8. The Morgan fingerprint density at radius 3 is 1.27 bits per heavy atom. The van der Waals surface area contributed by atoms with Gasteiger partial charge in [0, 0.05) is 0 Å². The van der Waals surface area contributed by atoms with Gasteiger partial charge in [-0.05, 0) is 137 Å². The van der Waals surface area contributed by atoms with Gasteiger partial charge in [0.05, 0.1) is 0 Å². The third-order valence-corrected chi connectivity index (χ3v) is 9.06. The van der Waals surface area contributed by atoms with E-state index in [4.69, 9.17) is 0 Å². The van der Waals surface area contributed by atoms with Crippen LogP contribution >= 0.6 is 0 Å². The van der Waals surface area contributed by atoms with Crippen molar-refractivity contribution in [2.24, 2.45) is 23.7 Å². The van der Waals surface area contributed by atoms with Crippen molar-refractivity contribution in [2.45, 2.75) is 102 Å². The molecule has 4 rings (SSSR count). The molecular weight excluding hydrogens is 360 g/mol. The zero-order valence-corrected chi connectivity index (χ0v) is 19.2. The maximum absolute atomic E-state index is 3.94. The fraction of sp³-hybridized carbons (Fsp3) is 0.667. The van der Waals surface area contributed by atoms with Gasteiger partial charge in [0.15, 0.2) is 0 Å². The van der Waals surface area contributed by atoms with Gasteiger partial charge in [-0.15, -0.1) is 13.2 Å². The molecule has 0 spiro atoms. The molecule has 0 atom stereocenters. The highest BCUT2D eigenvalue weighted by Crippen LogP contribution is 2.45. The van der Waals surface area contributed by atoms with E-state index < -0.39 is 0 Å². The van der Waals surface area contributed by atoms with E-state index in [9.17, 15) is 0 Å². The zero-order valence-electron chi connectivity index (χ0n) is 19.2. The lowest BCUT2D eigenvalue weighted by Crippen LogP contribution is -2.25. The molecule has 0 heteroatoms. The third kappa shape index (κ3) is 5.49. The van der Waals surface area contributed by atoms with Crippen molar-refractivity contribution >= 4 is 0 Å². The summed E-state index contributed by atoms with van der Waals surface area (Å²) >= 11 is 0. The quantitative estimate of drug-likeness (QED) is 0.397. The maximum Gasteiger partial charge on any atom is -0.0162 e. The molecule has 3 aliphatic rings. The summed E-state index contributed by atoms with van der Waals surface area (Å²) in [5.41, 5.74) is 3.22. The maximum atomic E-state index is 3.94. The van der Waals surface area contributed by atoms with Crippen molar-refractivity contribution in [3.05, 3.63) is 60.7 Å². The Morgan fingerprint density at radius 1 is 0.533 bits per heavy atom. The first-order chi connectivity index (χ1) is 14.8. The van der Waals surface area contributed by atoms with Crippen molar-refractivity contribution in [1.29, 1.82) is 0 Å². The van der Waals surface area contributed by atoms with Gasteiger partial charge in [-0.25, -0.2) is 0 Å². The molecule has 0 aromatic heterocycles. The lowest BCUT2D eigenvalue weighted by Gasteiger charge is -2.38. The first-order valence-corrected chi connectivity index (χ1v) is 13.1. The molecule has 1 aromatic rings. The Morgan fingerprint density at radius 2 is 0.867 bits per heavy atom. The van der Waals surface area contributed by atoms with Crippen molar-refractivity contribution in [3.63, 3.8) is 0 Å². The summed E-state index contributed by atoms with van der Waals surface area (Å²) in [6.45, 7) is 7.86. The van der Waals surface area contributed by atoms with E-state index in [0.717, 1.165) is 35.5 Å². The first kappa shape index (κ1) is 21.9.